The van der Waals surface area contributed by atoms with Gasteiger partial charge in [0.15, 0.2) is 17.4 Å². The molecule has 4 nitrogen and oxygen atoms in total. The van der Waals surface area contributed by atoms with Gasteiger partial charge in [-0.25, -0.2) is 4.39 Å². The Labute approximate surface area is 156 Å². The molecule has 4 rings (SSSR count). The summed E-state index contributed by atoms with van der Waals surface area (Å²) < 4.78 is 27.0. The molecule has 2 aromatic carbocycles. The third kappa shape index (κ3) is 3.41. The highest BCUT2D eigenvalue weighted by atomic mass is 19.2. The number of likely N-dealkylation sites (tertiary alicyclic amines) is 1. The van der Waals surface area contributed by atoms with Crippen molar-refractivity contribution < 1.29 is 18.7 Å². The van der Waals surface area contributed by atoms with Crippen molar-refractivity contribution >= 4 is 5.91 Å². The minimum atomic E-state index is -1.27. The number of phenolic OH excluding ortho intramolecular Hbond substituents is 1. The zero-order valence-electron chi connectivity index (χ0n) is 15.0. The number of aromatic hydroxyl groups is 1. The third-order valence-electron chi connectivity index (χ3n) is 5.73. The molecule has 1 spiro atoms. The zero-order valence-corrected chi connectivity index (χ0v) is 15.0. The van der Waals surface area contributed by atoms with Gasteiger partial charge in [0, 0.05) is 30.6 Å². The number of carbonyl (C=O) groups excluding carboxylic acids is 1. The van der Waals surface area contributed by atoms with Crippen LogP contribution < -0.4 is 5.32 Å². The smallest absolute Gasteiger partial charge is 0.253 e. The molecule has 0 radical (unpaired) electrons. The van der Waals surface area contributed by atoms with Crippen LogP contribution in [0.1, 0.15) is 29.6 Å². The maximum absolute atomic E-state index is 13.6. The first-order valence-electron chi connectivity index (χ1n) is 9.26. The molecular formula is C21H22F2N2O2. The van der Waals surface area contributed by atoms with Crippen molar-refractivity contribution in [3.63, 3.8) is 0 Å². The number of hydrogen-bond acceptors (Lipinski definition) is 3. The van der Waals surface area contributed by atoms with Crippen LogP contribution in [-0.2, 0) is 0 Å². The van der Waals surface area contributed by atoms with Gasteiger partial charge in [-0.15, -0.1) is 0 Å². The molecule has 27 heavy (non-hydrogen) atoms. The summed E-state index contributed by atoms with van der Waals surface area (Å²) in [5.41, 5.74) is 1.58. The van der Waals surface area contributed by atoms with Crippen LogP contribution in [0.5, 0.6) is 5.75 Å². The molecule has 2 aliphatic rings. The number of hydrogen-bond donors (Lipinski definition) is 2. The Morgan fingerprint density at radius 3 is 2.74 bits per heavy atom. The molecular weight excluding hydrogens is 350 g/mol. The predicted molar refractivity (Wildman–Crippen MR) is 98.5 cm³/mol. The molecule has 1 unspecified atom stereocenters. The van der Waals surface area contributed by atoms with Crippen molar-refractivity contribution in [2.45, 2.75) is 19.3 Å². The standard InChI is InChI=1S/C21H22F2N2O2/c22-17-10-16(11-18(26)19(17)23)14-3-1-4-15(9-14)20(27)25-8-2-5-21(13-25)6-7-24-12-21/h1,3-4,9-11,24,26H,2,5-8,12-13H2. The molecule has 2 N–H and O–H groups in total. The molecule has 1 atom stereocenters. The molecule has 0 saturated carbocycles. The fraction of sp³-hybridized carbons (Fsp3) is 0.381. The molecule has 2 heterocycles. The number of nitrogens with one attached hydrogen (secondary N) is 1. The number of amides is 1. The van der Waals surface area contributed by atoms with Crippen LogP contribution in [0.4, 0.5) is 8.78 Å². The first-order valence-corrected chi connectivity index (χ1v) is 9.26. The molecule has 2 aliphatic heterocycles. The summed E-state index contributed by atoms with van der Waals surface area (Å²) in [6.45, 7) is 3.42. The van der Waals surface area contributed by atoms with Crippen LogP contribution in [0, 0.1) is 17.0 Å². The van der Waals surface area contributed by atoms with E-state index in [2.05, 4.69) is 5.32 Å². The Morgan fingerprint density at radius 1 is 1.15 bits per heavy atom. The van der Waals surface area contributed by atoms with Crippen molar-refractivity contribution in [1.82, 2.24) is 10.2 Å². The second-order valence-electron chi connectivity index (χ2n) is 7.63. The summed E-state index contributed by atoms with van der Waals surface area (Å²) >= 11 is 0. The van der Waals surface area contributed by atoms with Crippen LogP contribution in [0.3, 0.4) is 0 Å². The summed E-state index contributed by atoms with van der Waals surface area (Å²) in [5, 5.41) is 12.9. The quantitative estimate of drug-likeness (QED) is 0.848. The molecule has 142 valence electrons. The Kier molecular flexibility index (Phi) is 4.60. The molecule has 6 heteroatoms. The van der Waals surface area contributed by atoms with Gasteiger partial charge in [-0.2, -0.15) is 4.39 Å². The highest BCUT2D eigenvalue weighted by Gasteiger charge is 2.39. The summed E-state index contributed by atoms with van der Waals surface area (Å²) in [7, 11) is 0. The fourth-order valence-electron chi connectivity index (χ4n) is 4.28. The molecule has 2 aromatic rings. The van der Waals surface area contributed by atoms with Gasteiger partial charge in [-0.05, 0) is 61.2 Å². The number of nitrogens with zero attached hydrogens (tertiary/aromatic N) is 1. The van der Waals surface area contributed by atoms with Crippen molar-refractivity contribution in [3.8, 4) is 16.9 Å². The Hall–Kier alpha value is -2.47. The number of phenols is 1. The predicted octanol–water partition coefficient (Wildman–Crippen LogP) is 3.55. The second kappa shape index (κ2) is 6.93. The fourth-order valence-corrected chi connectivity index (χ4v) is 4.28. The van der Waals surface area contributed by atoms with E-state index in [-0.39, 0.29) is 11.3 Å². The zero-order chi connectivity index (χ0) is 19.0. The number of carbonyl (C=O) groups is 1. The Morgan fingerprint density at radius 2 is 2.00 bits per heavy atom. The number of piperidine rings is 1. The van der Waals surface area contributed by atoms with E-state index in [9.17, 15) is 18.7 Å². The summed E-state index contributed by atoms with van der Waals surface area (Å²) in [5.74, 6) is -3.17. The van der Waals surface area contributed by atoms with E-state index >= 15 is 0 Å². The van der Waals surface area contributed by atoms with Gasteiger partial charge >= 0.3 is 0 Å². The van der Waals surface area contributed by atoms with Crippen molar-refractivity contribution in [3.05, 3.63) is 53.6 Å². The van der Waals surface area contributed by atoms with E-state index in [1.807, 2.05) is 4.90 Å². The lowest BCUT2D eigenvalue weighted by Crippen LogP contribution is -2.47. The average molecular weight is 372 g/mol. The van der Waals surface area contributed by atoms with Gasteiger partial charge < -0.3 is 15.3 Å². The molecule has 0 aliphatic carbocycles. The highest BCUT2D eigenvalue weighted by molar-refractivity contribution is 5.95. The average Bonchev–Trinajstić information content (AvgIpc) is 3.12. The van der Waals surface area contributed by atoms with E-state index < -0.39 is 17.4 Å². The lowest BCUT2D eigenvalue weighted by Gasteiger charge is -2.40. The molecule has 1 amide bonds. The van der Waals surface area contributed by atoms with E-state index in [0.717, 1.165) is 51.5 Å². The number of rotatable bonds is 2. The van der Waals surface area contributed by atoms with Crippen LogP contribution in [0.25, 0.3) is 11.1 Å². The van der Waals surface area contributed by atoms with Gasteiger partial charge in [-0.3, -0.25) is 4.79 Å². The first-order chi connectivity index (χ1) is 13.0. The topological polar surface area (TPSA) is 52.6 Å². The van der Waals surface area contributed by atoms with Crippen molar-refractivity contribution in [2.24, 2.45) is 5.41 Å². The monoisotopic (exact) mass is 372 g/mol. The van der Waals surface area contributed by atoms with Crippen molar-refractivity contribution in [2.75, 3.05) is 26.2 Å². The molecule has 2 fully saturated rings. The number of benzene rings is 2. The Bertz CT molecular complexity index is 855. The van der Waals surface area contributed by atoms with Gasteiger partial charge in [0.25, 0.3) is 5.91 Å². The van der Waals surface area contributed by atoms with E-state index in [1.54, 1.807) is 24.3 Å². The summed E-state index contributed by atoms with van der Waals surface area (Å²) in [6.07, 6.45) is 3.22. The number of halogens is 2. The third-order valence-corrected chi connectivity index (χ3v) is 5.73. The highest BCUT2D eigenvalue weighted by Crippen LogP contribution is 2.36. The van der Waals surface area contributed by atoms with Gasteiger partial charge in [-0.1, -0.05) is 12.1 Å². The first kappa shape index (κ1) is 17.9. The van der Waals surface area contributed by atoms with Gasteiger partial charge in [0.05, 0.1) is 0 Å². The second-order valence-corrected chi connectivity index (χ2v) is 7.63. The summed E-state index contributed by atoms with van der Waals surface area (Å²) in [6, 6.07) is 9.03. The SMILES string of the molecule is O=C(c1cccc(-c2cc(O)c(F)c(F)c2)c1)N1CCCC2(CCNC2)C1. The van der Waals surface area contributed by atoms with Crippen LogP contribution in [0.2, 0.25) is 0 Å². The normalized spacial score (nSPS) is 22.4. The van der Waals surface area contributed by atoms with Crippen LogP contribution >= 0.6 is 0 Å². The van der Waals surface area contributed by atoms with E-state index in [4.69, 9.17) is 0 Å². The molecule has 2 saturated heterocycles. The Balaban J connectivity index is 1.60. The lowest BCUT2D eigenvalue weighted by atomic mass is 9.79. The van der Waals surface area contributed by atoms with Gasteiger partial charge in [0.1, 0.15) is 0 Å². The largest absolute Gasteiger partial charge is 0.505 e. The van der Waals surface area contributed by atoms with Crippen molar-refractivity contribution in [1.29, 1.82) is 0 Å². The minimum absolute atomic E-state index is 0.0466. The van der Waals surface area contributed by atoms with Crippen LogP contribution in [-0.4, -0.2) is 42.1 Å². The molecule has 0 aromatic heterocycles. The van der Waals surface area contributed by atoms with Gasteiger partial charge in [0.2, 0.25) is 0 Å². The minimum Gasteiger partial charge on any atom is -0.505 e. The maximum atomic E-state index is 13.6. The van der Waals surface area contributed by atoms with E-state index in [0.29, 0.717) is 16.7 Å². The van der Waals surface area contributed by atoms with E-state index in [1.165, 1.54) is 6.07 Å². The molecule has 0 bridgehead atoms. The summed E-state index contributed by atoms with van der Waals surface area (Å²) in [4.78, 5) is 14.9. The maximum Gasteiger partial charge on any atom is 0.253 e. The van der Waals surface area contributed by atoms with Crippen LogP contribution in [0.15, 0.2) is 36.4 Å². The lowest BCUT2D eigenvalue weighted by molar-refractivity contribution is 0.0553.